The summed E-state index contributed by atoms with van der Waals surface area (Å²) in [6, 6.07) is 0. The van der Waals surface area contributed by atoms with Crippen molar-refractivity contribution >= 4 is 5.97 Å². The molecule has 1 aromatic heterocycles. The molecule has 1 fully saturated rings. The molecule has 116 valence electrons. The Morgan fingerprint density at radius 3 is 2.95 bits per heavy atom. The fourth-order valence-electron chi connectivity index (χ4n) is 2.12. The van der Waals surface area contributed by atoms with E-state index in [-0.39, 0.29) is 13.0 Å². The first kappa shape index (κ1) is 15.5. The van der Waals surface area contributed by atoms with Crippen LogP contribution in [-0.2, 0) is 14.3 Å². The van der Waals surface area contributed by atoms with E-state index in [1.54, 1.807) is 6.92 Å². The molecule has 3 atom stereocenters. The van der Waals surface area contributed by atoms with Gasteiger partial charge in [-0.15, -0.1) is 0 Å². The molecule has 0 aliphatic carbocycles. The largest absolute Gasteiger partial charge is 0.464 e. The molecule has 3 unspecified atom stereocenters. The van der Waals surface area contributed by atoms with E-state index >= 15 is 0 Å². The Labute approximate surface area is 120 Å². The number of esters is 1. The van der Waals surface area contributed by atoms with Crippen LogP contribution in [0.2, 0.25) is 0 Å². The summed E-state index contributed by atoms with van der Waals surface area (Å²) >= 11 is 0. The van der Waals surface area contributed by atoms with Crippen molar-refractivity contribution in [3.63, 3.8) is 0 Å². The Balaban J connectivity index is 2.18. The number of nitrogens with zero attached hydrogens (tertiary/aromatic N) is 1. The third kappa shape index (κ3) is 3.22. The zero-order valence-electron chi connectivity index (χ0n) is 11.9. The molecule has 8 nitrogen and oxygen atoms in total. The SMILES string of the molecule is CCCOC(=O)C1OC(n2cc(C)c(=O)[nH]c2=O)CC1O. The fraction of sp³-hybridized carbons (Fsp3) is 0.615. The predicted molar refractivity (Wildman–Crippen MR) is 71.8 cm³/mol. The number of hydrogen-bond donors (Lipinski definition) is 2. The zero-order valence-corrected chi connectivity index (χ0v) is 11.9. The third-order valence-electron chi connectivity index (χ3n) is 3.23. The minimum Gasteiger partial charge on any atom is -0.464 e. The van der Waals surface area contributed by atoms with Gasteiger partial charge >= 0.3 is 11.7 Å². The van der Waals surface area contributed by atoms with Crippen LogP contribution in [0.15, 0.2) is 15.8 Å². The lowest BCUT2D eigenvalue weighted by atomic mass is 10.2. The van der Waals surface area contributed by atoms with Gasteiger partial charge in [-0.2, -0.15) is 0 Å². The Hall–Kier alpha value is -1.93. The first-order valence-corrected chi connectivity index (χ1v) is 6.76. The van der Waals surface area contributed by atoms with Crippen LogP contribution in [0.1, 0.15) is 31.6 Å². The van der Waals surface area contributed by atoms with Crippen LogP contribution in [0, 0.1) is 6.92 Å². The summed E-state index contributed by atoms with van der Waals surface area (Å²) in [5, 5.41) is 9.89. The first-order valence-electron chi connectivity index (χ1n) is 6.76. The smallest absolute Gasteiger partial charge is 0.338 e. The van der Waals surface area contributed by atoms with E-state index in [1.807, 2.05) is 6.92 Å². The van der Waals surface area contributed by atoms with Crippen molar-refractivity contribution in [3.8, 4) is 0 Å². The highest BCUT2D eigenvalue weighted by atomic mass is 16.6. The molecule has 0 aromatic carbocycles. The molecule has 2 rings (SSSR count). The molecule has 0 amide bonds. The van der Waals surface area contributed by atoms with Crippen LogP contribution >= 0.6 is 0 Å². The lowest BCUT2D eigenvalue weighted by molar-refractivity contribution is -0.162. The number of aryl methyl sites for hydroxylation is 1. The van der Waals surface area contributed by atoms with Crippen molar-refractivity contribution < 1.29 is 19.4 Å². The maximum Gasteiger partial charge on any atom is 0.338 e. The van der Waals surface area contributed by atoms with Gasteiger partial charge < -0.3 is 14.6 Å². The lowest BCUT2D eigenvalue weighted by Gasteiger charge is -2.15. The van der Waals surface area contributed by atoms with E-state index in [4.69, 9.17) is 9.47 Å². The molecule has 1 aliphatic heterocycles. The molecule has 21 heavy (non-hydrogen) atoms. The summed E-state index contributed by atoms with van der Waals surface area (Å²) < 4.78 is 11.5. The highest BCUT2D eigenvalue weighted by Gasteiger charge is 2.41. The Bertz CT molecular complexity index is 634. The van der Waals surface area contributed by atoms with Crippen LogP contribution in [0.25, 0.3) is 0 Å². The number of carbonyl (C=O) groups is 1. The Morgan fingerprint density at radius 1 is 1.57 bits per heavy atom. The van der Waals surface area contributed by atoms with Crippen molar-refractivity contribution in [3.05, 3.63) is 32.6 Å². The maximum atomic E-state index is 11.8. The first-order chi connectivity index (χ1) is 9.93. The average molecular weight is 298 g/mol. The zero-order chi connectivity index (χ0) is 15.6. The number of H-pyrrole nitrogens is 1. The molecule has 1 aromatic rings. The molecular formula is C13H18N2O6. The van der Waals surface area contributed by atoms with Crippen molar-refractivity contribution in [1.82, 2.24) is 9.55 Å². The van der Waals surface area contributed by atoms with Crippen LogP contribution in [0.3, 0.4) is 0 Å². The van der Waals surface area contributed by atoms with Crippen LogP contribution in [-0.4, -0.2) is 39.4 Å². The van der Waals surface area contributed by atoms with E-state index < -0.39 is 35.7 Å². The van der Waals surface area contributed by atoms with Gasteiger partial charge in [-0.1, -0.05) is 6.92 Å². The Morgan fingerprint density at radius 2 is 2.29 bits per heavy atom. The highest BCUT2D eigenvalue weighted by molar-refractivity contribution is 5.75. The summed E-state index contributed by atoms with van der Waals surface area (Å²) in [5.74, 6) is -0.652. The number of carbonyl (C=O) groups excluding carboxylic acids is 1. The highest BCUT2D eigenvalue weighted by Crippen LogP contribution is 2.28. The van der Waals surface area contributed by atoms with Gasteiger partial charge in [0.2, 0.25) is 0 Å². The van der Waals surface area contributed by atoms with Crippen LogP contribution < -0.4 is 11.2 Å². The normalized spacial score (nSPS) is 25.0. The quantitative estimate of drug-likeness (QED) is 0.721. The van der Waals surface area contributed by atoms with E-state index in [1.165, 1.54) is 6.20 Å². The minimum absolute atomic E-state index is 0.0667. The van der Waals surface area contributed by atoms with Crippen LogP contribution in [0.4, 0.5) is 0 Å². The molecule has 2 N–H and O–H groups in total. The molecule has 0 radical (unpaired) electrons. The fourth-order valence-corrected chi connectivity index (χ4v) is 2.12. The number of ether oxygens (including phenoxy) is 2. The van der Waals surface area contributed by atoms with Gasteiger partial charge in [0.25, 0.3) is 5.56 Å². The molecule has 0 bridgehead atoms. The monoisotopic (exact) mass is 298 g/mol. The van der Waals surface area contributed by atoms with E-state index in [2.05, 4.69) is 4.98 Å². The van der Waals surface area contributed by atoms with E-state index in [0.29, 0.717) is 12.0 Å². The summed E-state index contributed by atoms with van der Waals surface area (Å²) in [6.45, 7) is 3.64. The second-order valence-electron chi connectivity index (χ2n) is 4.96. The maximum absolute atomic E-state index is 11.8. The molecule has 8 heteroatoms. The molecular weight excluding hydrogens is 280 g/mol. The molecule has 0 spiro atoms. The minimum atomic E-state index is -1.12. The van der Waals surface area contributed by atoms with E-state index in [9.17, 15) is 19.5 Å². The number of aliphatic hydroxyl groups is 1. The van der Waals surface area contributed by atoms with Crippen LogP contribution in [0.5, 0.6) is 0 Å². The van der Waals surface area contributed by atoms with Gasteiger partial charge in [-0.05, 0) is 13.3 Å². The third-order valence-corrected chi connectivity index (χ3v) is 3.23. The average Bonchev–Trinajstić information content (AvgIpc) is 2.82. The lowest BCUT2D eigenvalue weighted by Crippen LogP contribution is -2.34. The summed E-state index contributed by atoms with van der Waals surface area (Å²) in [6.07, 6.45) is -0.923. The van der Waals surface area contributed by atoms with Gasteiger partial charge in [0.15, 0.2) is 6.10 Å². The van der Waals surface area contributed by atoms with Gasteiger partial charge in [0, 0.05) is 18.2 Å². The molecule has 1 saturated heterocycles. The van der Waals surface area contributed by atoms with Gasteiger partial charge in [-0.3, -0.25) is 14.3 Å². The molecule has 1 aliphatic rings. The second kappa shape index (κ2) is 6.23. The number of hydrogen-bond acceptors (Lipinski definition) is 6. The number of aromatic nitrogens is 2. The van der Waals surface area contributed by atoms with Crippen molar-refractivity contribution in [2.24, 2.45) is 0 Å². The van der Waals surface area contributed by atoms with Crippen molar-refractivity contribution in [2.75, 3.05) is 6.61 Å². The number of rotatable bonds is 4. The Kier molecular flexibility index (Phi) is 4.59. The van der Waals surface area contributed by atoms with Crippen molar-refractivity contribution in [1.29, 1.82) is 0 Å². The molecule has 2 heterocycles. The van der Waals surface area contributed by atoms with Gasteiger partial charge in [0.05, 0.1) is 12.7 Å². The number of nitrogens with one attached hydrogen (secondary N) is 1. The van der Waals surface area contributed by atoms with Gasteiger partial charge in [0.1, 0.15) is 6.23 Å². The number of aliphatic hydroxyl groups excluding tert-OH is 1. The predicted octanol–water partition coefficient (Wildman–Crippen LogP) is -0.553. The summed E-state index contributed by atoms with van der Waals surface area (Å²) in [5.41, 5.74) is -0.788. The topological polar surface area (TPSA) is 111 Å². The standard InChI is InChI=1S/C13H18N2O6/c1-3-4-20-12(18)10-8(16)5-9(21-10)15-6-7(2)11(17)14-13(15)19/h6,8-10,16H,3-5H2,1-2H3,(H,14,17,19). The van der Waals surface area contributed by atoms with Gasteiger partial charge in [-0.25, -0.2) is 9.59 Å². The number of aromatic amines is 1. The van der Waals surface area contributed by atoms with E-state index in [0.717, 1.165) is 4.57 Å². The molecule has 0 saturated carbocycles. The summed E-state index contributed by atoms with van der Waals surface area (Å²) in [7, 11) is 0. The second-order valence-corrected chi connectivity index (χ2v) is 4.96. The van der Waals surface area contributed by atoms with Crippen molar-refractivity contribution in [2.45, 2.75) is 45.1 Å². The summed E-state index contributed by atoms with van der Waals surface area (Å²) in [4.78, 5) is 37.0.